The summed E-state index contributed by atoms with van der Waals surface area (Å²) in [6, 6.07) is 6.09. The molecule has 0 spiro atoms. The second kappa shape index (κ2) is 7.05. The average molecular weight is 390 g/mol. The van der Waals surface area contributed by atoms with Crippen LogP contribution in [0.1, 0.15) is 49.0 Å². The van der Waals surface area contributed by atoms with Crippen LogP contribution in [0.4, 0.5) is 0 Å². The van der Waals surface area contributed by atoms with Crippen molar-refractivity contribution in [2.24, 2.45) is 5.92 Å². The summed E-state index contributed by atoms with van der Waals surface area (Å²) in [5.74, 6) is -2.42. The molecule has 1 fully saturated rings. The van der Waals surface area contributed by atoms with Gasteiger partial charge >= 0.3 is 11.1 Å². The van der Waals surface area contributed by atoms with Gasteiger partial charge < -0.3 is 9.69 Å². The molecule has 0 aromatic heterocycles. The van der Waals surface area contributed by atoms with Gasteiger partial charge in [-0.15, -0.1) is 0 Å². The summed E-state index contributed by atoms with van der Waals surface area (Å²) in [6.45, 7) is 3.61. The van der Waals surface area contributed by atoms with Crippen molar-refractivity contribution >= 4 is 11.6 Å². The van der Waals surface area contributed by atoms with E-state index in [0.717, 1.165) is 12.8 Å². The molecule has 2 bridgehead atoms. The van der Waals surface area contributed by atoms with Crippen LogP contribution in [0.3, 0.4) is 0 Å². The lowest BCUT2D eigenvalue weighted by atomic mass is 9.56. The third kappa shape index (κ3) is 2.64. The number of ketones is 2. The first-order valence-corrected chi connectivity index (χ1v) is 9.48. The highest BCUT2D eigenvalue weighted by Crippen LogP contribution is 2.50. The van der Waals surface area contributed by atoms with Crippen LogP contribution in [0.2, 0.25) is 0 Å². The van der Waals surface area contributed by atoms with Crippen LogP contribution in [0, 0.1) is 26.1 Å². The zero-order valence-corrected chi connectivity index (χ0v) is 16.0. The van der Waals surface area contributed by atoms with E-state index in [0.29, 0.717) is 11.4 Å². The van der Waals surface area contributed by atoms with Crippen LogP contribution >= 0.6 is 0 Å². The molecule has 9 nitrogen and oxygen atoms in total. The number of rotatable bonds is 7. The van der Waals surface area contributed by atoms with E-state index >= 15 is 0 Å². The number of benzene rings is 1. The van der Waals surface area contributed by atoms with Gasteiger partial charge in [0.1, 0.15) is 11.7 Å². The fraction of sp³-hybridized carbons (Fsp3) is 0.579. The van der Waals surface area contributed by atoms with Gasteiger partial charge in [-0.1, -0.05) is 37.6 Å². The van der Waals surface area contributed by atoms with Crippen molar-refractivity contribution in [3.05, 3.63) is 55.6 Å². The Bertz CT molecular complexity index is 856. The number of carbonyl (C=O) groups is 2. The lowest BCUT2D eigenvalue weighted by Gasteiger charge is -2.48. The molecular weight excluding hydrogens is 366 g/mol. The molecule has 0 radical (unpaired) electrons. The third-order valence-electron chi connectivity index (χ3n) is 6.25. The molecule has 2 aliphatic rings. The van der Waals surface area contributed by atoms with E-state index in [1.807, 2.05) is 6.92 Å². The lowest BCUT2D eigenvalue weighted by Crippen LogP contribution is -3.19. The monoisotopic (exact) mass is 390 g/mol. The Kier molecular flexibility index (Phi) is 5.05. The number of nitrogens with one attached hydrogen (secondary N) is 1. The van der Waals surface area contributed by atoms with Gasteiger partial charge in [0.15, 0.2) is 13.1 Å². The average Bonchev–Trinajstić information content (AvgIpc) is 2.64. The maximum Gasteiger partial charge on any atom is 0.341 e. The van der Waals surface area contributed by atoms with Crippen molar-refractivity contribution in [2.45, 2.75) is 44.2 Å². The van der Waals surface area contributed by atoms with E-state index in [2.05, 4.69) is 0 Å². The van der Waals surface area contributed by atoms with E-state index in [-0.39, 0.29) is 30.6 Å². The van der Waals surface area contributed by atoms with Crippen LogP contribution in [0.25, 0.3) is 0 Å². The molecule has 1 heterocycles. The number of unbranched alkanes of at least 4 members (excludes halogenated alkanes) is 1. The van der Waals surface area contributed by atoms with Crippen molar-refractivity contribution in [1.82, 2.24) is 0 Å². The number of nitrogens with zero attached hydrogens (tertiary/aromatic N) is 2. The number of quaternary nitrogens is 1. The summed E-state index contributed by atoms with van der Waals surface area (Å²) in [7, 11) is 0. The summed E-state index contributed by atoms with van der Waals surface area (Å²) < 4.78 is 0. The summed E-state index contributed by atoms with van der Waals surface area (Å²) in [5, 5.41) is 24.8. The number of likely N-dealkylation sites (tertiary alicyclic amines) is 1. The Morgan fingerprint density at radius 3 is 2.36 bits per heavy atom. The molecule has 150 valence electrons. The first kappa shape index (κ1) is 20.1. The molecule has 1 saturated heterocycles. The van der Waals surface area contributed by atoms with Crippen molar-refractivity contribution in [3.8, 4) is 0 Å². The summed E-state index contributed by atoms with van der Waals surface area (Å²) in [4.78, 5) is 49.7. The van der Waals surface area contributed by atoms with Crippen LogP contribution < -0.4 is 4.90 Å². The molecule has 9 heteroatoms. The van der Waals surface area contributed by atoms with Gasteiger partial charge in [0.05, 0.1) is 6.54 Å². The molecule has 1 N–H and O–H groups in total. The van der Waals surface area contributed by atoms with E-state index in [1.54, 1.807) is 12.1 Å². The number of carbonyl (C=O) groups excluding carboxylic acids is 2. The van der Waals surface area contributed by atoms with Crippen LogP contribution in [-0.4, -0.2) is 46.6 Å². The van der Waals surface area contributed by atoms with E-state index < -0.39 is 38.4 Å². The van der Waals surface area contributed by atoms with Gasteiger partial charge in [0, 0.05) is 27.4 Å². The number of piperidine rings is 1. The van der Waals surface area contributed by atoms with E-state index in [4.69, 9.17) is 0 Å². The second-order valence-electron chi connectivity index (χ2n) is 7.90. The largest absolute Gasteiger partial charge is 0.341 e. The Balaban J connectivity index is 2.34. The highest BCUT2D eigenvalue weighted by Gasteiger charge is 2.79. The van der Waals surface area contributed by atoms with Crippen molar-refractivity contribution in [3.63, 3.8) is 0 Å². The maximum atomic E-state index is 13.4. The normalized spacial score (nSPS) is 31.1. The maximum absolute atomic E-state index is 13.4. The SMILES string of the molecule is CCCC[NH+]1CC2([N+](=O)[O-])C(=O)c3ccccc3C([N+](=O)[O-])(C1)C2CC(C)=O. The van der Waals surface area contributed by atoms with Gasteiger partial charge in [-0.2, -0.15) is 0 Å². The van der Waals surface area contributed by atoms with Gasteiger partial charge in [-0.3, -0.25) is 25.0 Å². The molecule has 28 heavy (non-hydrogen) atoms. The minimum atomic E-state index is -2.17. The van der Waals surface area contributed by atoms with Crippen molar-refractivity contribution in [1.29, 1.82) is 0 Å². The number of nitro groups is 2. The van der Waals surface area contributed by atoms with E-state index in [9.17, 15) is 29.8 Å². The van der Waals surface area contributed by atoms with Crippen molar-refractivity contribution in [2.75, 3.05) is 19.6 Å². The molecular formula is C19H24N3O6+. The zero-order chi connectivity index (χ0) is 20.7. The number of fused-ring (bicyclic) bond motifs is 4. The molecule has 4 atom stereocenters. The highest BCUT2D eigenvalue weighted by molar-refractivity contribution is 6.06. The fourth-order valence-corrected chi connectivity index (χ4v) is 5.07. The fourth-order valence-electron chi connectivity index (χ4n) is 5.07. The number of hydrogen-bond acceptors (Lipinski definition) is 6. The molecule has 1 aromatic rings. The standard InChI is InChI=1S/C19H23N3O6/c1-3-4-9-20-11-18(21(25)26)15-8-6-5-7-14(15)17(24)19(12-20,22(27)28)16(18)10-13(2)23/h5-8,16H,3-4,9-12H2,1-2H3/p+1. The Morgan fingerprint density at radius 2 is 1.79 bits per heavy atom. The quantitative estimate of drug-likeness (QED) is 0.539. The minimum Gasteiger partial charge on any atom is -0.322 e. The van der Waals surface area contributed by atoms with Crippen LogP contribution in [0.5, 0.6) is 0 Å². The lowest BCUT2D eigenvalue weighted by molar-refractivity contribution is -0.948. The Labute approximate surface area is 162 Å². The van der Waals surface area contributed by atoms with Gasteiger partial charge in [-0.05, 0) is 13.3 Å². The molecule has 3 rings (SSSR count). The molecule has 0 saturated carbocycles. The third-order valence-corrected chi connectivity index (χ3v) is 6.25. The minimum absolute atomic E-state index is 0.0256. The Hall–Kier alpha value is -2.68. The summed E-state index contributed by atoms with van der Waals surface area (Å²) in [5.41, 5.74) is -3.79. The summed E-state index contributed by atoms with van der Waals surface area (Å²) >= 11 is 0. The molecule has 1 aliphatic carbocycles. The van der Waals surface area contributed by atoms with Crippen LogP contribution in [-0.2, 0) is 10.3 Å². The second-order valence-corrected chi connectivity index (χ2v) is 7.90. The highest BCUT2D eigenvalue weighted by atomic mass is 16.6. The van der Waals surface area contributed by atoms with Gasteiger partial charge in [0.25, 0.3) is 0 Å². The zero-order valence-electron chi connectivity index (χ0n) is 16.0. The Morgan fingerprint density at radius 1 is 1.18 bits per heavy atom. The number of hydrogen-bond donors (Lipinski definition) is 1. The smallest absolute Gasteiger partial charge is 0.322 e. The van der Waals surface area contributed by atoms with Gasteiger partial charge in [0.2, 0.25) is 5.78 Å². The predicted octanol–water partition coefficient (Wildman–Crippen LogP) is 0.664. The predicted molar refractivity (Wildman–Crippen MR) is 98.4 cm³/mol. The summed E-state index contributed by atoms with van der Waals surface area (Å²) in [6.07, 6.45) is 1.20. The first-order valence-electron chi connectivity index (χ1n) is 9.48. The van der Waals surface area contributed by atoms with E-state index in [1.165, 1.54) is 19.1 Å². The van der Waals surface area contributed by atoms with Crippen LogP contribution in [0.15, 0.2) is 24.3 Å². The van der Waals surface area contributed by atoms with Crippen molar-refractivity contribution < 1.29 is 24.3 Å². The molecule has 0 amide bonds. The molecule has 1 aliphatic heterocycles. The first-order chi connectivity index (χ1) is 13.2. The topological polar surface area (TPSA) is 125 Å². The molecule has 4 unspecified atom stereocenters. The number of Topliss-reactive ketones (excluding diaryl/α,β-unsaturated/α-hetero) is 2. The molecule has 1 aromatic carbocycles. The van der Waals surface area contributed by atoms with Gasteiger partial charge in [-0.25, -0.2) is 0 Å².